The highest BCUT2D eigenvalue weighted by molar-refractivity contribution is 5.90. The summed E-state index contributed by atoms with van der Waals surface area (Å²) in [5.41, 5.74) is 7.51. The highest BCUT2D eigenvalue weighted by Crippen LogP contribution is 2.36. The third kappa shape index (κ3) is 2.73. The van der Waals surface area contributed by atoms with Crippen LogP contribution in [0.1, 0.15) is 30.6 Å². The van der Waals surface area contributed by atoms with Crippen molar-refractivity contribution in [3.05, 3.63) is 29.8 Å². The monoisotopic (exact) mass is 262 g/mol. The molecule has 19 heavy (non-hydrogen) atoms. The second-order valence-electron chi connectivity index (χ2n) is 5.77. The number of ether oxygens (including phenoxy) is 1. The summed E-state index contributed by atoms with van der Waals surface area (Å²) in [7, 11) is 1.40. The molecule has 0 radical (unpaired) electrons. The van der Waals surface area contributed by atoms with E-state index >= 15 is 0 Å². The fourth-order valence-electron chi connectivity index (χ4n) is 2.92. The number of carbonyl (C=O) groups is 1. The maximum atomic E-state index is 11.6. The summed E-state index contributed by atoms with van der Waals surface area (Å²) in [4.78, 5) is 13.9. The van der Waals surface area contributed by atoms with Gasteiger partial charge in [0.15, 0.2) is 0 Å². The van der Waals surface area contributed by atoms with E-state index in [2.05, 4.69) is 18.7 Å². The lowest BCUT2D eigenvalue weighted by molar-refractivity contribution is 0.0600. The molecule has 0 bridgehead atoms. The molecule has 0 aromatic heterocycles. The van der Waals surface area contributed by atoms with Crippen LogP contribution in [0.15, 0.2) is 24.3 Å². The van der Waals surface area contributed by atoms with E-state index in [1.54, 1.807) is 6.07 Å². The largest absolute Gasteiger partial charge is 0.465 e. The molecular formula is C15H22N2O2. The summed E-state index contributed by atoms with van der Waals surface area (Å²) in [6.45, 7) is 6.08. The average Bonchev–Trinajstić information content (AvgIpc) is 2.73. The highest BCUT2D eigenvalue weighted by atomic mass is 16.5. The Morgan fingerprint density at radius 1 is 1.53 bits per heavy atom. The van der Waals surface area contributed by atoms with Crippen molar-refractivity contribution in [2.75, 3.05) is 25.1 Å². The zero-order chi connectivity index (χ0) is 14.0. The van der Waals surface area contributed by atoms with Crippen LogP contribution in [0.3, 0.4) is 0 Å². The standard InChI is InChI=1S/C15H22N2O2/c1-15(2)8-11(9-16)10-17(15)13-6-4-5-12(7-13)14(18)19-3/h4-7,11H,8-10,16H2,1-3H3. The summed E-state index contributed by atoms with van der Waals surface area (Å²) in [5.74, 6) is 0.214. The van der Waals surface area contributed by atoms with Crippen LogP contribution in [0.4, 0.5) is 5.69 Å². The van der Waals surface area contributed by atoms with Crippen molar-refractivity contribution >= 4 is 11.7 Å². The summed E-state index contributed by atoms with van der Waals surface area (Å²) < 4.78 is 4.77. The molecule has 2 rings (SSSR count). The highest BCUT2D eigenvalue weighted by Gasteiger charge is 2.37. The van der Waals surface area contributed by atoms with Crippen LogP contribution in [-0.2, 0) is 4.74 Å². The van der Waals surface area contributed by atoms with E-state index in [4.69, 9.17) is 10.5 Å². The Bertz CT molecular complexity index is 471. The molecule has 0 saturated carbocycles. The van der Waals surface area contributed by atoms with Gasteiger partial charge in [0.05, 0.1) is 12.7 Å². The van der Waals surface area contributed by atoms with Gasteiger partial charge in [-0.2, -0.15) is 0 Å². The Balaban J connectivity index is 2.29. The number of carbonyl (C=O) groups excluding carboxylic acids is 1. The van der Waals surface area contributed by atoms with Crippen molar-refractivity contribution in [2.24, 2.45) is 11.7 Å². The van der Waals surface area contributed by atoms with Crippen LogP contribution < -0.4 is 10.6 Å². The first kappa shape index (κ1) is 13.9. The molecule has 1 heterocycles. The molecule has 1 atom stereocenters. The van der Waals surface area contributed by atoms with Crippen LogP contribution in [0.2, 0.25) is 0 Å². The average molecular weight is 262 g/mol. The van der Waals surface area contributed by atoms with Gasteiger partial charge in [-0.1, -0.05) is 6.07 Å². The molecule has 1 aromatic carbocycles. The Morgan fingerprint density at radius 2 is 2.26 bits per heavy atom. The molecule has 2 N–H and O–H groups in total. The van der Waals surface area contributed by atoms with Crippen LogP contribution in [-0.4, -0.2) is 31.7 Å². The maximum absolute atomic E-state index is 11.6. The second-order valence-corrected chi connectivity index (χ2v) is 5.77. The van der Waals surface area contributed by atoms with E-state index in [9.17, 15) is 4.79 Å². The smallest absolute Gasteiger partial charge is 0.337 e. The zero-order valence-electron chi connectivity index (χ0n) is 11.8. The van der Waals surface area contributed by atoms with E-state index in [0.29, 0.717) is 18.0 Å². The molecule has 4 heteroatoms. The van der Waals surface area contributed by atoms with E-state index in [1.165, 1.54) is 7.11 Å². The van der Waals surface area contributed by atoms with Crippen LogP contribution >= 0.6 is 0 Å². The number of methoxy groups -OCH3 is 1. The Morgan fingerprint density at radius 3 is 2.84 bits per heavy atom. The first-order valence-corrected chi connectivity index (χ1v) is 6.64. The third-order valence-electron chi connectivity index (χ3n) is 3.87. The molecule has 0 aliphatic carbocycles. The van der Waals surface area contributed by atoms with Crippen molar-refractivity contribution < 1.29 is 9.53 Å². The number of nitrogens with two attached hydrogens (primary N) is 1. The number of hydrogen-bond acceptors (Lipinski definition) is 4. The first-order valence-electron chi connectivity index (χ1n) is 6.64. The normalized spacial score (nSPS) is 21.5. The van der Waals surface area contributed by atoms with Gasteiger partial charge in [-0.05, 0) is 50.9 Å². The van der Waals surface area contributed by atoms with Gasteiger partial charge >= 0.3 is 5.97 Å². The van der Waals surface area contributed by atoms with Crippen molar-refractivity contribution in [3.63, 3.8) is 0 Å². The molecule has 1 aliphatic rings. The molecule has 1 unspecified atom stereocenters. The SMILES string of the molecule is COC(=O)c1cccc(N2CC(CN)CC2(C)C)c1. The van der Waals surface area contributed by atoms with Crippen LogP contribution in [0.25, 0.3) is 0 Å². The van der Waals surface area contributed by atoms with Crippen molar-refractivity contribution in [2.45, 2.75) is 25.8 Å². The lowest BCUT2D eigenvalue weighted by Gasteiger charge is -2.33. The number of anilines is 1. The minimum Gasteiger partial charge on any atom is -0.465 e. The fourth-order valence-corrected chi connectivity index (χ4v) is 2.92. The van der Waals surface area contributed by atoms with Crippen molar-refractivity contribution in [3.8, 4) is 0 Å². The van der Waals surface area contributed by atoms with Crippen LogP contribution in [0, 0.1) is 5.92 Å². The molecule has 1 aromatic rings. The molecule has 1 aliphatic heterocycles. The summed E-state index contributed by atoms with van der Waals surface area (Å²) in [5, 5.41) is 0. The summed E-state index contributed by atoms with van der Waals surface area (Å²) in [6, 6.07) is 7.60. The first-order chi connectivity index (χ1) is 8.97. The van der Waals surface area contributed by atoms with Gasteiger partial charge in [-0.3, -0.25) is 0 Å². The summed E-state index contributed by atoms with van der Waals surface area (Å²) >= 11 is 0. The maximum Gasteiger partial charge on any atom is 0.337 e. The van der Waals surface area contributed by atoms with E-state index in [0.717, 1.165) is 18.7 Å². The number of nitrogens with zero attached hydrogens (tertiary/aromatic N) is 1. The molecule has 1 saturated heterocycles. The number of esters is 1. The van der Waals surface area contributed by atoms with E-state index in [-0.39, 0.29) is 11.5 Å². The van der Waals surface area contributed by atoms with Gasteiger partial charge in [0.1, 0.15) is 0 Å². The van der Waals surface area contributed by atoms with E-state index in [1.807, 2.05) is 18.2 Å². The van der Waals surface area contributed by atoms with Gasteiger partial charge in [0.25, 0.3) is 0 Å². The fraction of sp³-hybridized carbons (Fsp3) is 0.533. The number of rotatable bonds is 3. The van der Waals surface area contributed by atoms with Crippen molar-refractivity contribution in [1.82, 2.24) is 0 Å². The predicted molar refractivity (Wildman–Crippen MR) is 76.4 cm³/mol. The van der Waals surface area contributed by atoms with Gasteiger partial charge in [0.2, 0.25) is 0 Å². The molecular weight excluding hydrogens is 240 g/mol. The molecule has 0 spiro atoms. The lowest BCUT2D eigenvalue weighted by Crippen LogP contribution is -2.38. The minimum absolute atomic E-state index is 0.0682. The topological polar surface area (TPSA) is 55.6 Å². The molecule has 1 fully saturated rings. The minimum atomic E-state index is -0.297. The molecule has 4 nitrogen and oxygen atoms in total. The molecule has 104 valence electrons. The van der Waals surface area contributed by atoms with Gasteiger partial charge in [0, 0.05) is 17.8 Å². The third-order valence-corrected chi connectivity index (χ3v) is 3.87. The second kappa shape index (κ2) is 5.21. The number of benzene rings is 1. The van der Waals surface area contributed by atoms with Gasteiger partial charge < -0.3 is 15.4 Å². The Labute approximate surface area is 114 Å². The predicted octanol–water partition coefficient (Wildman–Crippen LogP) is 2.04. The Hall–Kier alpha value is -1.55. The molecule has 0 amide bonds. The van der Waals surface area contributed by atoms with Crippen molar-refractivity contribution in [1.29, 1.82) is 0 Å². The lowest BCUT2D eigenvalue weighted by atomic mass is 9.96. The van der Waals surface area contributed by atoms with Gasteiger partial charge in [-0.25, -0.2) is 4.79 Å². The quantitative estimate of drug-likeness (QED) is 0.847. The summed E-state index contributed by atoms with van der Waals surface area (Å²) in [6.07, 6.45) is 1.08. The van der Waals surface area contributed by atoms with Crippen LogP contribution in [0.5, 0.6) is 0 Å². The zero-order valence-corrected chi connectivity index (χ0v) is 11.8. The van der Waals surface area contributed by atoms with E-state index < -0.39 is 0 Å². The van der Waals surface area contributed by atoms with Gasteiger partial charge in [-0.15, -0.1) is 0 Å². The number of hydrogen-bond donors (Lipinski definition) is 1. The Kier molecular flexibility index (Phi) is 3.80.